The molecule has 0 N–H and O–H groups in total. The molecule has 0 spiro atoms. The minimum absolute atomic E-state index is 1.04. The van der Waals surface area contributed by atoms with Crippen molar-refractivity contribution < 1.29 is 0 Å². The van der Waals surface area contributed by atoms with Crippen LogP contribution in [0.3, 0.4) is 0 Å². The fourth-order valence-electron chi connectivity index (χ4n) is 4.60. The maximum atomic E-state index is 2.32. The monoisotopic (exact) mass is 342 g/mol. The van der Waals surface area contributed by atoms with Crippen molar-refractivity contribution >= 4 is 21.5 Å². The van der Waals surface area contributed by atoms with Crippen LogP contribution in [0.4, 0.5) is 0 Å². The summed E-state index contributed by atoms with van der Waals surface area (Å²) in [4.78, 5) is 0. The second-order valence-corrected chi connectivity index (χ2v) is 7.40. The summed E-state index contributed by atoms with van der Waals surface area (Å²) < 4.78 is 0. The Bertz CT molecular complexity index is 1340. The lowest BCUT2D eigenvalue weighted by molar-refractivity contribution is 1.27. The van der Waals surface area contributed by atoms with Crippen molar-refractivity contribution in [1.29, 1.82) is 0 Å². The molecule has 27 heavy (non-hydrogen) atoms. The van der Waals surface area contributed by atoms with Crippen molar-refractivity contribution in [2.75, 3.05) is 0 Å². The van der Waals surface area contributed by atoms with Gasteiger partial charge >= 0.3 is 0 Å². The molecule has 0 aromatic heterocycles. The summed E-state index contributed by atoms with van der Waals surface area (Å²) >= 11 is 0. The minimum atomic E-state index is 1.04. The Hall–Kier alpha value is -3.38. The first-order chi connectivity index (χ1) is 13.4. The van der Waals surface area contributed by atoms with E-state index in [2.05, 4.69) is 97.1 Å². The zero-order valence-corrected chi connectivity index (χ0v) is 14.9. The molecule has 0 saturated carbocycles. The van der Waals surface area contributed by atoms with E-state index in [1.165, 1.54) is 54.9 Å². The molecular formula is C27H18. The van der Waals surface area contributed by atoms with E-state index in [0.29, 0.717) is 0 Å². The van der Waals surface area contributed by atoms with E-state index in [1.54, 1.807) is 0 Å². The van der Waals surface area contributed by atoms with Crippen molar-refractivity contribution in [1.82, 2.24) is 0 Å². The summed E-state index contributed by atoms with van der Waals surface area (Å²) in [5.41, 5.74) is 8.31. The number of hydrogen-bond donors (Lipinski definition) is 0. The van der Waals surface area contributed by atoms with E-state index < -0.39 is 0 Å². The van der Waals surface area contributed by atoms with Crippen LogP contribution in [0.2, 0.25) is 0 Å². The summed E-state index contributed by atoms with van der Waals surface area (Å²) in [6, 6.07) is 35.5. The smallest absolute Gasteiger partial charge is 0.00132 e. The third kappa shape index (κ3) is 2.17. The molecule has 0 nitrogen and oxygen atoms in total. The normalized spacial score (nSPS) is 12.3. The highest BCUT2D eigenvalue weighted by Crippen LogP contribution is 2.44. The largest absolute Gasteiger partial charge is 0.0619 e. The van der Waals surface area contributed by atoms with Crippen LogP contribution >= 0.6 is 0 Å². The van der Waals surface area contributed by atoms with Crippen LogP contribution in [0.1, 0.15) is 11.1 Å². The molecule has 1 aliphatic rings. The highest BCUT2D eigenvalue weighted by atomic mass is 14.2. The molecule has 5 aromatic carbocycles. The quantitative estimate of drug-likeness (QED) is 0.296. The highest BCUT2D eigenvalue weighted by Gasteiger charge is 2.21. The second-order valence-electron chi connectivity index (χ2n) is 7.40. The van der Waals surface area contributed by atoms with Crippen LogP contribution in [0.25, 0.3) is 43.8 Å². The predicted octanol–water partition coefficient (Wildman–Crippen LogP) is 7.23. The Morgan fingerprint density at radius 3 is 2.19 bits per heavy atom. The topological polar surface area (TPSA) is 0 Å². The van der Waals surface area contributed by atoms with Gasteiger partial charge in [-0.05, 0) is 67.4 Å². The second kappa shape index (κ2) is 5.56. The van der Waals surface area contributed by atoms with Gasteiger partial charge < -0.3 is 0 Å². The molecule has 0 unspecified atom stereocenters. The standard InChI is InChI=1S/C27H18/c1-2-7-20-16-22(14-12-18(20)6-1)25-11-5-9-19-13-15-23-17-21-8-3-4-10-24(21)27(23)26(19)25/h1-16H,17H2. The first-order valence-corrected chi connectivity index (χ1v) is 9.50. The maximum absolute atomic E-state index is 2.32. The Labute approximate surface area is 158 Å². The van der Waals surface area contributed by atoms with Crippen LogP contribution in [0.15, 0.2) is 97.1 Å². The molecule has 0 heterocycles. The summed E-state index contributed by atoms with van der Waals surface area (Å²) in [6.45, 7) is 0. The van der Waals surface area contributed by atoms with Crippen LogP contribution in [0.5, 0.6) is 0 Å². The van der Waals surface area contributed by atoms with Crippen LogP contribution in [-0.4, -0.2) is 0 Å². The fraction of sp³-hybridized carbons (Fsp3) is 0.0370. The van der Waals surface area contributed by atoms with Gasteiger partial charge in [-0.3, -0.25) is 0 Å². The van der Waals surface area contributed by atoms with Gasteiger partial charge in [0.1, 0.15) is 0 Å². The number of fused-ring (bicyclic) bond motifs is 6. The molecule has 0 radical (unpaired) electrons. The molecule has 5 aromatic rings. The summed E-state index contributed by atoms with van der Waals surface area (Å²) in [6.07, 6.45) is 1.04. The third-order valence-electron chi connectivity index (χ3n) is 5.86. The van der Waals surface area contributed by atoms with Gasteiger partial charge in [0.2, 0.25) is 0 Å². The summed E-state index contributed by atoms with van der Waals surface area (Å²) in [5, 5.41) is 5.28. The third-order valence-corrected chi connectivity index (χ3v) is 5.86. The first kappa shape index (κ1) is 14.8. The number of hydrogen-bond acceptors (Lipinski definition) is 0. The Kier molecular flexibility index (Phi) is 3.04. The number of benzene rings is 5. The van der Waals surface area contributed by atoms with Crippen molar-refractivity contribution in [2.24, 2.45) is 0 Å². The van der Waals surface area contributed by atoms with E-state index in [1.807, 2.05) is 0 Å². The number of rotatable bonds is 1. The van der Waals surface area contributed by atoms with Gasteiger partial charge in [0.15, 0.2) is 0 Å². The summed E-state index contributed by atoms with van der Waals surface area (Å²) in [5.74, 6) is 0. The van der Waals surface area contributed by atoms with E-state index in [-0.39, 0.29) is 0 Å². The molecule has 0 heteroatoms. The van der Waals surface area contributed by atoms with Gasteiger partial charge in [-0.2, -0.15) is 0 Å². The molecule has 0 saturated heterocycles. The first-order valence-electron chi connectivity index (χ1n) is 9.50. The van der Waals surface area contributed by atoms with Gasteiger partial charge in [0.05, 0.1) is 0 Å². The minimum Gasteiger partial charge on any atom is -0.0619 e. The Morgan fingerprint density at radius 2 is 1.22 bits per heavy atom. The zero-order valence-electron chi connectivity index (χ0n) is 14.9. The highest BCUT2D eigenvalue weighted by molar-refractivity contribution is 6.09. The van der Waals surface area contributed by atoms with Crippen molar-refractivity contribution in [2.45, 2.75) is 6.42 Å². The van der Waals surface area contributed by atoms with Crippen molar-refractivity contribution in [3.05, 3.63) is 108 Å². The van der Waals surface area contributed by atoms with Gasteiger partial charge in [0.25, 0.3) is 0 Å². The van der Waals surface area contributed by atoms with Gasteiger partial charge in [0, 0.05) is 0 Å². The van der Waals surface area contributed by atoms with Crippen LogP contribution in [-0.2, 0) is 6.42 Å². The lowest BCUT2D eigenvalue weighted by Crippen LogP contribution is -1.87. The van der Waals surface area contributed by atoms with Gasteiger partial charge in [-0.25, -0.2) is 0 Å². The molecular weight excluding hydrogens is 324 g/mol. The lowest BCUT2D eigenvalue weighted by Gasteiger charge is -2.13. The van der Waals surface area contributed by atoms with Crippen LogP contribution < -0.4 is 0 Å². The van der Waals surface area contributed by atoms with E-state index in [9.17, 15) is 0 Å². The average Bonchev–Trinajstić information content (AvgIpc) is 3.12. The zero-order chi connectivity index (χ0) is 17.8. The lowest BCUT2D eigenvalue weighted by atomic mass is 9.90. The molecule has 6 rings (SSSR count). The molecule has 1 aliphatic carbocycles. The van der Waals surface area contributed by atoms with E-state index >= 15 is 0 Å². The molecule has 0 bridgehead atoms. The molecule has 0 atom stereocenters. The fourth-order valence-corrected chi connectivity index (χ4v) is 4.60. The average molecular weight is 342 g/mol. The molecule has 0 amide bonds. The molecule has 0 fully saturated rings. The van der Waals surface area contributed by atoms with Crippen molar-refractivity contribution in [3.8, 4) is 22.3 Å². The van der Waals surface area contributed by atoms with Gasteiger partial charge in [-0.15, -0.1) is 0 Å². The molecule has 0 aliphatic heterocycles. The SMILES string of the molecule is c1ccc2c(c1)Cc1ccc3cccc(-c4ccc5ccccc5c4)c3c1-2. The van der Waals surface area contributed by atoms with E-state index in [0.717, 1.165) is 6.42 Å². The Morgan fingerprint density at radius 1 is 0.481 bits per heavy atom. The summed E-state index contributed by atoms with van der Waals surface area (Å²) in [7, 11) is 0. The van der Waals surface area contributed by atoms with Gasteiger partial charge in [-0.1, -0.05) is 91.0 Å². The Balaban J connectivity index is 1.70. The molecule has 126 valence electrons. The van der Waals surface area contributed by atoms with E-state index in [4.69, 9.17) is 0 Å². The van der Waals surface area contributed by atoms with Crippen LogP contribution in [0, 0.1) is 0 Å². The van der Waals surface area contributed by atoms with Crippen molar-refractivity contribution in [3.63, 3.8) is 0 Å². The predicted molar refractivity (Wildman–Crippen MR) is 115 cm³/mol. The maximum Gasteiger partial charge on any atom is -0.00132 e.